The van der Waals surface area contributed by atoms with E-state index in [0.717, 1.165) is 31.7 Å². The number of likely N-dealkylation sites (N-methyl/N-ethyl adjacent to an activating group) is 2. The van der Waals surface area contributed by atoms with Crippen LogP contribution >= 0.6 is 0 Å². The molecule has 0 bridgehead atoms. The summed E-state index contributed by atoms with van der Waals surface area (Å²) in [6, 6.07) is 12.8. The number of carbonyl (C=O) groups excluding carboxylic acids is 4. The Morgan fingerprint density at radius 3 is 1.73 bits per heavy atom. The highest BCUT2D eigenvalue weighted by Gasteiger charge is 2.40. The Kier molecular flexibility index (Phi) is 21.7. The van der Waals surface area contributed by atoms with Crippen LogP contribution in [0.2, 0.25) is 0 Å². The summed E-state index contributed by atoms with van der Waals surface area (Å²) in [6.07, 6.45) is -1.42. The van der Waals surface area contributed by atoms with Gasteiger partial charge in [0.15, 0.2) is 5.78 Å². The topological polar surface area (TPSA) is 195 Å². The van der Waals surface area contributed by atoms with E-state index in [1.165, 1.54) is 0 Å². The molecule has 2 aromatic carbocycles. The van der Waals surface area contributed by atoms with Crippen LogP contribution in [-0.2, 0) is 25.6 Å². The van der Waals surface area contributed by atoms with Crippen molar-refractivity contribution in [1.82, 2.24) is 40.7 Å². The Balaban J connectivity index is 1.58. The molecular weight excluding hydrogens is 819 g/mol. The molecule has 6 N–H and O–H groups in total. The Bertz CT molecular complexity index is 1710. The fraction of sp³-hybridized carbons (Fsp3) is 0.660. The number of ether oxygens (including phenoxy) is 3. The molecule has 2 aliphatic heterocycles. The van der Waals surface area contributed by atoms with Crippen LogP contribution in [0.3, 0.4) is 0 Å². The van der Waals surface area contributed by atoms with Crippen LogP contribution in [0.1, 0.15) is 58.7 Å². The second-order valence-electron chi connectivity index (χ2n) is 18.2. The predicted molar refractivity (Wildman–Crippen MR) is 247 cm³/mol. The van der Waals surface area contributed by atoms with E-state index in [4.69, 9.17) is 19.9 Å². The van der Waals surface area contributed by atoms with Crippen LogP contribution in [-0.4, -0.2) is 178 Å². The van der Waals surface area contributed by atoms with Gasteiger partial charge in [-0.15, -0.1) is 0 Å². The Labute approximate surface area is 381 Å². The average Bonchev–Trinajstić information content (AvgIpc) is 3.28. The molecule has 2 saturated heterocycles. The number of nitrogens with zero attached hydrogens (tertiary/aromatic N) is 5. The highest BCUT2D eigenvalue weighted by atomic mass is 16.5. The Morgan fingerprint density at radius 2 is 1.25 bits per heavy atom. The maximum atomic E-state index is 14.9. The van der Waals surface area contributed by atoms with Crippen LogP contribution in [0.15, 0.2) is 54.6 Å². The summed E-state index contributed by atoms with van der Waals surface area (Å²) in [5.41, 5.74) is 11.3. The molecule has 358 valence electrons. The standard InChI is InChI=1S/C47H77N9O8/c1-33(2)32-64-38-16-14-36(15-17-38)30-56(51-45(59)43(35(5)6)50-47(61)53(8)19-21-55-24-28-63-29-25-55)31-39(57)40(41(48)37-12-10-9-11-13-37)44(58)42(34(3)4)49-46(60)52(7)18-20-54-22-26-62-27-23-54/h9-17,33-35,39-43,57H,18-32,48H2,1-8H3,(H,49,60)(H,50,61)(H,51,59)/t39-,40?,41?,42-,43-/m0/s1. The number of aliphatic hydroxyl groups excluding tert-OH is 1. The van der Waals surface area contributed by atoms with Crippen molar-refractivity contribution >= 4 is 23.8 Å². The zero-order valence-corrected chi connectivity index (χ0v) is 39.5. The zero-order chi connectivity index (χ0) is 46.8. The van der Waals surface area contributed by atoms with Crippen molar-refractivity contribution in [2.75, 3.05) is 106 Å². The molecule has 2 heterocycles. The monoisotopic (exact) mass is 896 g/mol. The smallest absolute Gasteiger partial charge is 0.317 e. The minimum atomic E-state index is -1.42. The summed E-state index contributed by atoms with van der Waals surface area (Å²) in [6.45, 7) is 20.0. The third-order valence-corrected chi connectivity index (χ3v) is 11.8. The lowest BCUT2D eigenvalue weighted by molar-refractivity contribution is -0.133. The first kappa shape index (κ1) is 52.3. The maximum Gasteiger partial charge on any atom is 0.317 e. The summed E-state index contributed by atoms with van der Waals surface area (Å²) >= 11 is 0. The quantitative estimate of drug-likeness (QED) is 0.0970. The number of morpholine rings is 2. The molecule has 0 aromatic heterocycles. The van der Waals surface area contributed by atoms with Gasteiger partial charge in [-0.2, -0.15) is 0 Å². The van der Waals surface area contributed by atoms with Crippen molar-refractivity contribution in [2.24, 2.45) is 29.4 Å². The lowest BCUT2D eigenvalue weighted by Crippen LogP contribution is -2.59. The van der Waals surface area contributed by atoms with Gasteiger partial charge < -0.3 is 45.5 Å². The van der Waals surface area contributed by atoms with Crippen molar-refractivity contribution in [3.8, 4) is 5.75 Å². The number of rotatable bonds is 24. The summed E-state index contributed by atoms with van der Waals surface area (Å²) in [5.74, 6) is -1.74. The molecule has 5 atom stereocenters. The number of Topliss-reactive ketones (excluding diaryl/α,β-unsaturated/α-hetero) is 1. The molecular formula is C47H77N9O8. The van der Waals surface area contributed by atoms with E-state index in [0.29, 0.717) is 76.4 Å². The summed E-state index contributed by atoms with van der Waals surface area (Å²) in [4.78, 5) is 63.8. The lowest BCUT2D eigenvalue weighted by Gasteiger charge is -2.36. The molecule has 2 fully saturated rings. The van der Waals surface area contributed by atoms with Crippen LogP contribution in [0.25, 0.3) is 0 Å². The fourth-order valence-electron chi connectivity index (χ4n) is 7.61. The van der Waals surface area contributed by atoms with Crippen molar-refractivity contribution in [1.29, 1.82) is 0 Å². The number of aliphatic hydroxyl groups is 1. The number of hydrazine groups is 1. The van der Waals surface area contributed by atoms with E-state index in [2.05, 4.69) is 39.7 Å². The summed E-state index contributed by atoms with van der Waals surface area (Å²) in [7, 11) is 3.39. The third-order valence-electron chi connectivity index (χ3n) is 11.8. The molecule has 0 radical (unpaired) electrons. The molecule has 17 nitrogen and oxygen atoms in total. The number of carbonyl (C=O) groups is 4. The van der Waals surface area contributed by atoms with E-state index in [9.17, 15) is 24.3 Å². The highest BCUT2D eigenvalue weighted by molar-refractivity contribution is 5.91. The molecule has 0 aliphatic carbocycles. The first-order valence-electron chi connectivity index (χ1n) is 23.0. The third kappa shape index (κ3) is 16.9. The molecule has 17 heteroatoms. The maximum absolute atomic E-state index is 14.9. The molecule has 4 rings (SSSR count). The minimum absolute atomic E-state index is 0.130. The van der Waals surface area contributed by atoms with E-state index >= 15 is 0 Å². The van der Waals surface area contributed by atoms with Crippen molar-refractivity contribution in [2.45, 2.75) is 72.3 Å². The average molecular weight is 896 g/mol. The van der Waals surface area contributed by atoms with Gasteiger partial charge in [0, 0.05) is 85.6 Å². The van der Waals surface area contributed by atoms with Crippen LogP contribution in [0, 0.1) is 23.7 Å². The van der Waals surface area contributed by atoms with Crippen molar-refractivity contribution in [3.05, 3.63) is 65.7 Å². The van der Waals surface area contributed by atoms with Gasteiger partial charge in [-0.3, -0.25) is 24.8 Å². The molecule has 2 aliphatic rings. The first-order valence-corrected chi connectivity index (χ1v) is 23.0. The van der Waals surface area contributed by atoms with Gasteiger partial charge >= 0.3 is 12.1 Å². The number of benzene rings is 2. The number of nitrogens with two attached hydrogens (primary N) is 1. The van der Waals surface area contributed by atoms with Gasteiger partial charge in [0.25, 0.3) is 5.91 Å². The fourth-order valence-corrected chi connectivity index (χ4v) is 7.61. The number of urea groups is 2. The molecule has 5 amide bonds. The van der Waals surface area contributed by atoms with E-state index < -0.39 is 53.9 Å². The second kappa shape index (κ2) is 26.6. The number of amides is 5. The Morgan fingerprint density at radius 1 is 0.750 bits per heavy atom. The normalized spacial score (nSPS) is 17.4. The zero-order valence-electron chi connectivity index (χ0n) is 39.5. The van der Waals surface area contributed by atoms with Gasteiger partial charge in [0.05, 0.1) is 51.1 Å². The van der Waals surface area contributed by atoms with Gasteiger partial charge in [0.2, 0.25) is 0 Å². The van der Waals surface area contributed by atoms with Crippen LogP contribution in [0.5, 0.6) is 5.75 Å². The molecule has 64 heavy (non-hydrogen) atoms. The number of hydrogen-bond donors (Lipinski definition) is 5. The largest absolute Gasteiger partial charge is 0.493 e. The number of ketones is 1. The minimum Gasteiger partial charge on any atom is -0.493 e. The lowest BCUT2D eigenvalue weighted by atomic mass is 9.80. The number of nitrogens with one attached hydrogen (secondary N) is 3. The molecule has 0 spiro atoms. The first-order chi connectivity index (χ1) is 30.5. The van der Waals surface area contributed by atoms with Crippen LogP contribution in [0.4, 0.5) is 9.59 Å². The summed E-state index contributed by atoms with van der Waals surface area (Å²) < 4.78 is 16.8. The number of hydrogen-bond acceptors (Lipinski definition) is 12. The van der Waals surface area contributed by atoms with Gasteiger partial charge in [-0.05, 0) is 41.0 Å². The molecule has 2 aromatic rings. The predicted octanol–water partition coefficient (Wildman–Crippen LogP) is 2.80. The van der Waals surface area contributed by atoms with Gasteiger partial charge in [-0.25, -0.2) is 14.6 Å². The summed E-state index contributed by atoms with van der Waals surface area (Å²) in [5, 5.41) is 19.8. The molecule has 0 saturated carbocycles. The van der Waals surface area contributed by atoms with E-state index in [1.54, 1.807) is 41.0 Å². The van der Waals surface area contributed by atoms with Crippen LogP contribution < -0.4 is 26.5 Å². The van der Waals surface area contributed by atoms with E-state index in [1.807, 2.05) is 70.2 Å². The van der Waals surface area contributed by atoms with Gasteiger partial charge in [-0.1, -0.05) is 84.0 Å². The molecule has 2 unspecified atom stereocenters. The second-order valence-corrected chi connectivity index (χ2v) is 18.2. The van der Waals surface area contributed by atoms with E-state index in [-0.39, 0.29) is 24.9 Å². The van der Waals surface area contributed by atoms with Crippen molar-refractivity contribution in [3.63, 3.8) is 0 Å². The SMILES string of the molecule is CC(C)COc1ccc(CN(C[C@H](O)C(C(=O)[C@@H](NC(=O)N(C)CCN2CCOCC2)C(C)C)C(N)c2ccccc2)NC(=O)[C@@H](NC(=O)N(C)CCN2CCOCC2)C(C)C)cc1. The Hall–Kier alpha value is -4.36. The van der Waals surface area contributed by atoms with Crippen molar-refractivity contribution < 1.29 is 38.5 Å². The highest BCUT2D eigenvalue weighted by Crippen LogP contribution is 2.28. The van der Waals surface area contributed by atoms with Gasteiger partial charge in [0.1, 0.15) is 11.8 Å².